The zero-order chi connectivity index (χ0) is 7.28. The second-order valence-electron chi connectivity index (χ2n) is 2.13. The molecule has 2 atom stereocenters. The summed E-state index contributed by atoms with van der Waals surface area (Å²) >= 11 is 1.74. The van der Waals surface area contributed by atoms with Crippen LogP contribution in [0, 0.1) is 11.3 Å². The van der Waals surface area contributed by atoms with Crippen LogP contribution in [0.1, 0.15) is 27.2 Å². The van der Waals surface area contributed by atoms with Crippen molar-refractivity contribution in [3.63, 3.8) is 0 Å². The molecule has 0 aliphatic rings. The Hall–Kier alpha value is -0.160. The van der Waals surface area contributed by atoms with E-state index >= 15 is 0 Å². The average Bonchev–Trinajstić information content (AvgIpc) is 1.87. The van der Waals surface area contributed by atoms with E-state index in [1.165, 1.54) is 0 Å². The molecule has 0 spiro atoms. The predicted octanol–water partition coefficient (Wildman–Crippen LogP) is 2.43. The van der Waals surface area contributed by atoms with Crippen LogP contribution in [-0.2, 0) is 0 Å². The van der Waals surface area contributed by atoms with Gasteiger partial charge in [0.15, 0.2) is 0 Å². The molecule has 2 unspecified atom stereocenters. The second-order valence-corrected chi connectivity index (χ2v) is 3.91. The number of nitriles is 1. The summed E-state index contributed by atoms with van der Waals surface area (Å²) in [6.45, 7) is 6.23. The highest BCUT2D eigenvalue weighted by atomic mass is 32.2. The summed E-state index contributed by atoms with van der Waals surface area (Å²) in [5.41, 5.74) is 0. The summed E-state index contributed by atoms with van der Waals surface area (Å²) < 4.78 is 0. The fourth-order valence-corrected chi connectivity index (χ4v) is 1.43. The average molecular weight is 143 g/mol. The molecule has 0 radical (unpaired) electrons. The maximum absolute atomic E-state index is 8.41. The second kappa shape index (κ2) is 4.69. The Balaban J connectivity index is 3.37. The molecule has 0 bridgehead atoms. The number of hydrogen-bond acceptors (Lipinski definition) is 2. The molecular weight excluding hydrogens is 130 g/mol. The molecule has 0 aliphatic heterocycles. The van der Waals surface area contributed by atoms with E-state index in [0.717, 1.165) is 6.42 Å². The molecule has 0 amide bonds. The third-order valence-corrected chi connectivity index (χ3v) is 2.50. The van der Waals surface area contributed by atoms with E-state index in [4.69, 9.17) is 5.26 Å². The molecular formula is C7H13NS. The normalized spacial score (nSPS) is 16.2. The first-order chi connectivity index (χ1) is 4.20. The zero-order valence-corrected chi connectivity index (χ0v) is 7.03. The Morgan fingerprint density at radius 2 is 2.11 bits per heavy atom. The molecule has 0 rings (SSSR count). The first-order valence-corrected chi connectivity index (χ1v) is 4.20. The molecule has 0 saturated heterocycles. The van der Waals surface area contributed by atoms with Crippen molar-refractivity contribution in [2.75, 3.05) is 0 Å². The van der Waals surface area contributed by atoms with Gasteiger partial charge >= 0.3 is 0 Å². The molecule has 0 heterocycles. The van der Waals surface area contributed by atoms with Gasteiger partial charge in [-0.15, -0.1) is 11.8 Å². The lowest BCUT2D eigenvalue weighted by Crippen LogP contribution is -2.00. The number of hydrogen-bond donors (Lipinski definition) is 0. The van der Waals surface area contributed by atoms with E-state index in [1.807, 2.05) is 6.92 Å². The smallest absolute Gasteiger partial charge is 0.0891 e. The molecule has 0 aromatic rings. The Morgan fingerprint density at radius 3 is 2.44 bits per heavy atom. The van der Waals surface area contributed by atoms with Gasteiger partial charge in [0.05, 0.1) is 11.3 Å². The van der Waals surface area contributed by atoms with Crippen molar-refractivity contribution in [2.24, 2.45) is 0 Å². The number of rotatable bonds is 3. The maximum atomic E-state index is 8.41. The molecule has 0 aliphatic carbocycles. The molecule has 1 nitrogen and oxygen atoms in total. The standard InChI is InChI=1S/C7H13NS/c1-4-6(2)9-7(3)5-8/h6-7H,4H2,1-3H3. The van der Waals surface area contributed by atoms with Crippen LogP contribution >= 0.6 is 11.8 Å². The molecule has 0 saturated carbocycles. The predicted molar refractivity (Wildman–Crippen MR) is 42.4 cm³/mol. The number of thioether (sulfide) groups is 1. The topological polar surface area (TPSA) is 23.8 Å². The van der Waals surface area contributed by atoms with Crippen molar-refractivity contribution in [3.05, 3.63) is 0 Å². The van der Waals surface area contributed by atoms with Gasteiger partial charge in [-0.05, 0) is 13.3 Å². The fraction of sp³-hybridized carbons (Fsp3) is 0.857. The Kier molecular flexibility index (Phi) is 4.61. The third-order valence-electron chi connectivity index (χ3n) is 1.19. The molecule has 2 heteroatoms. The van der Waals surface area contributed by atoms with E-state index in [0.29, 0.717) is 5.25 Å². The van der Waals surface area contributed by atoms with Crippen LogP contribution in [0.3, 0.4) is 0 Å². The Labute approximate surface area is 61.4 Å². The summed E-state index contributed by atoms with van der Waals surface area (Å²) in [5.74, 6) is 0. The fourth-order valence-electron chi connectivity index (χ4n) is 0.475. The highest BCUT2D eigenvalue weighted by Gasteiger charge is 2.04. The summed E-state index contributed by atoms with van der Waals surface area (Å²) in [5, 5.41) is 9.19. The van der Waals surface area contributed by atoms with Crippen molar-refractivity contribution in [1.82, 2.24) is 0 Å². The lowest BCUT2D eigenvalue weighted by molar-refractivity contribution is 0.902. The summed E-state index contributed by atoms with van der Waals surface area (Å²) in [6, 6.07) is 2.19. The quantitative estimate of drug-likeness (QED) is 0.606. The van der Waals surface area contributed by atoms with Crippen LogP contribution < -0.4 is 0 Å². The van der Waals surface area contributed by atoms with E-state index < -0.39 is 0 Å². The highest BCUT2D eigenvalue weighted by molar-refractivity contribution is 8.00. The van der Waals surface area contributed by atoms with Crippen LogP contribution in [0.25, 0.3) is 0 Å². The van der Waals surface area contributed by atoms with Gasteiger partial charge in [0.1, 0.15) is 0 Å². The van der Waals surface area contributed by atoms with Gasteiger partial charge < -0.3 is 0 Å². The first-order valence-electron chi connectivity index (χ1n) is 3.25. The lowest BCUT2D eigenvalue weighted by Gasteiger charge is -2.07. The largest absolute Gasteiger partial charge is 0.197 e. The molecule has 52 valence electrons. The van der Waals surface area contributed by atoms with Crippen molar-refractivity contribution in [2.45, 2.75) is 37.7 Å². The van der Waals surface area contributed by atoms with Crippen LogP contribution in [0.5, 0.6) is 0 Å². The van der Waals surface area contributed by atoms with Crippen LogP contribution in [0.4, 0.5) is 0 Å². The van der Waals surface area contributed by atoms with Gasteiger partial charge in [0.25, 0.3) is 0 Å². The molecule has 0 aromatic carbocycles. The monoisotopic (exact) mass is 143 g/mol. The van der Waals surface area contributed by atoms with E-state index in [9.17, 15) is 0 Å². The van der Waals surface area contributed by atoms with Gasteiger partial charge in [0.2, 0.25) is 0 Å². The first kappa shape index (κ1) is 8.84. The number of nitrogens with zero attached hydrogens (tertiary/aromatic N) is 1. The van der Waals surface area contributed by atoms with Crippen LogP contribution in [-0.4, -0.2) is 10.5 Å². The Morgan fingerprint density at radius 1 is 1.56 bits per heavy atom. The molecule has 0 fully saturated rings. The van der Waals surface area contributed by atoms with Gasteiger partial charge in [0, 0.05) is 5.25 Å². The molecule has 9 heavy (non-hydrogen) atoms. The van der Waals surface area contributed by atoms with E-state index in [1.54, 1.807) is 11.8 Å². The highest BCUT2D eigenvalue weighted by Crippen LogP contribution is 2.18. The molecule has 0 aromatic heterocycles. The zero-order valence-electron chi connectivity index (χ0n) is 6.22. The Bertz CT molecular complexity index is 106. The van der Waals surface area contributed by atoms with E-state index in [2.05, 4.69) is 19.9 Å². The van der Waals surface area contributed by atoms with Crippen molar-refractivity contribution < 1.29 is 0 Å². The minimum atomic E-state index is 0.153. The summed E-state index contributed by atoms with van der Waals surface area (Å²) in [6.07, 6.45) is 1.15. The maximum Gasteiger partial charge on any atom is 0.0891 e. The molecule has 0 N–H and O–H groups in total. The lowest BCUT2D eigenvalue weighted by atomic mass is 10.4. The van der Waals surface area contributed by atoms with Crippen LogP contribution in [0.2, 0.25) is 0 Å². The van der Waals surface area contributed by atoms with Crippen molar-refractivity contribution in [1.29, 1.82) is 5.26 Å². The van der Waals surface area contributed by atoms with Crippen LogP contribution in [0.15, 0.2) is 0 Å². The van der Waals surface area contributed by atoms with Crippen molar-refractivity contribution in [3.8, 4) is 6.07 Å². The summed E-state index contributed by atoms with van der Waals surface area (Å²) in [4.78, 5) is 0. The minimum absolute atomic E-state index is 0.153. The van der Waals surface area contributed by atoms with Gasteiger partial charge in [-0.25, -0.2) is 0 Å². The minimum Gasteiger partial charge on any atom is -0.197 e. The van der Waals surface area contributed by atoms with Gasteiger partial charge in [-0.2, -0.15) is 5.26 Å². The van der Waals surface area contributed by atoms with Crippen molar-refractivity contribution >= 4 is 11.8 Å². The van der Waals surface area contributed by atoms with Gasteiger partial charge in [-0.3, -0.25) is 0 Å². The SMILES string of the molecule is CCC(C)SC(C)C#N. The third kappa shape index (κ3) is 4.35. The van der Waals surface area contributed by atoms with E-state index in [-0.39, 0.29) is 5.25 Å². The summed E-state index contributed by atoms with van der Waals surface area (Å²) in [7, 11) is 0. The van der Waals surface area contributed by atoms with Gasteiger partial charge in [-0.1, -0.05) is 13.8 Å².